The van der Waals surface area contributed by atoms with Crippen molar-refractivity contribution in [3.8, 4) is 0 Å². The maximum absolute atomic E-state index is 2.77. The molecule has 30 heavy (non-hydrogen) atoms. The van der Waals surface area contributed by atoms with Gasteiger partial charge in [-0.25, -0.2) is 0 Å². The van der Waals surface area contributed by atoms with Crippen LogP contribution in [0.1, 0.15) is 107 Å². The second kappa shape index (κ2) is 6.29. The lowest BCUT2D eigenvalue weighted by molar-refractivity contribution is -0.202. The Labute approximate surface area is 187 Å². The summed E-state index contributed by atoms with van der Waals surface area (Å²) in [5.74, 6) is 4.37. The van der Waals surface area contributed by atoms with Crippen molar-refractivity contribution in [3.63, 3.8) is 0 Å². The molecule has 0 heteroatoms. The van der Waals surface area contributed by atoms with Crippen LogP contribution in [0, 0.1) is 56.7 Å². The van der Waals surface area contributed by atoms with Crippen LogP contribution >= 0.6 is 0 Å². The van der Waals surface area contributed by atoms with Crippen LogP contribution in [0.15, 0.2) is 23.8 Å². The van der Waals surface area contributed by atoms with E-state index < -0.39 is 0 Å². The van der Waals surface area contributed by atoms with E-state index in [1.165, 1.54) is 51.4 Å². The SMILES string of the molecule is CC(C)[C@H]1CC[C@@H]2[C@]1(C)CC[C@]1(C)[C@H]3CC[C@@H]4C(=CC=CC4(C)C)[C@]3(C)CC[C@@]21C. The summed E-state index contributed by atoms with van der Waals surface area (Å²) in [6.45, 7) is 20.9. The molecule has 0 saturated heterocycles. The van der Waals surface area contributed by atoms with Crippen molar-refractivity contribution in [1.82, 2.24) is 0 Å². The summed E-state index contributed by atoms with van der Waals surface area (Å²) in [5, 5.41) is 0. The fraction of sp³-hybridized carbons (Fsp3) is 0.867. The highest BCUT2D eigenvalue weighted by Gasteiger charge is 2.69. The summed E-state index contributed by atoms with van der Waals surface area (Å²) >= 11 is 0. The summed E-state index contributed by atoms with van der Waals surface area (Å²) < 4.78 is 0. The highest BCUT2D eigenvalue weighted by atomic mass is 14.7. The summed E-state index contributed by atoms with van der Waals surface area (Å²) in [6, 6.07) is 0. The first-order chi connectivity index (χ1) is 13.9. The lowest BCUT2D eigenvalue weighted by Crippen LogP contribution is -2.63. The normalized spacial score (nSPS) is 54.1. The Hall–Kier alpha value is -0.520. The Morgan fingerprint density at radius 2 is 1.40 bits per heavy atom. The van der Waals surface area contributed by atoms with Crippen LogP contribution in [0.5, 0.6) is 0 Å². The average Bonchev–Trinajstić information content (AvgIpc) is 3.02. The van der Waals surface area contributed by atoms with Gasteiger partial charge in [-0.3, -0.25) is 0 Å². The quantitative estimate of drug-likeness (QED) is 0.406. The molecule has 168 valence electrons. The van der Waals surface area contributed by atoms with Gasteiger partial charge in [-0.1, -0.05) is 79.2 Å². The summed E-state index contributed by atoms with van der Waals surface area (Å²) in [5.41, 5.74) is 4.20. The van der Waals surface area contributed by atoms with Gasteiger partial charge in [-0.15, -0.1) is 0 Å². The van der Waals surface area contributed by atoms with Crippen LogP contribution in [0.3, 0.4) is 0 Å². The molecule has 4 fully saturated rings. The molecule has 0 aromatic rings. The highest BCUT2D eigenvalue weighted by molar-refractivity contribution is 5.36. The van der Waals surface area contributed by atoms with Gasteiger partial charge < -0.3 is 0 Å². The molecule has 0 nitrogen and oxygen atoms in total. The van der Waals surface area contributed by atoms with E-state index in [1.54, 1.807) is 0 Å². The fourth-order valence-corrected chi connectivity index (χ4v) is 10.9. The first kappa shape index (κ1) is 21.3. The lowest BCUT2D eigenvalue weighted by Gasteiger charge is -2.71. The van der Waals surface area contributed by atoms with E-state index in [2.05, 4.69) is 73.6 Å². The van der Waals surface area contributed by atoms with Crippen molar-refractivity contribution >= 4 is 0 Å². The maximum Gasteiger partial charge on any atom is -0.00763 e. The molecule has 0 amide bonds. The zero-order valence-electron chi connectivity index (χ0n) is 21.3. The Bertz CT molecular complexity index is 782. The van der Waals surface area contributed by atoms with Gasteiger partial charge in [0.2, 0.25) is 0 Å². The van der Waals surface area contributed by atoms with Crippen molar-refractivity contribution in [2.45, 2.75) is 107 Å². The predicted molar refractivity (Wildman–Crippen MR) is 129 cm³/mol. The van der Waals surface area contributed by atoms with Gasteiger partial charge in [0.15, 0.2) is 0 Å². The average molecular weight is 409 g/mol. The van der Waals surface area contributed by atoms with E-state index in [9.17, 15) is 0 Å². The monoisotopic (exact) mass is 408 g/mol. The van der Waals surface area contributed by atoms with E-state index in [0.29, 0.717) is 27.1 Å². The molecule has 0 aliphatic heterocycles. The lowest BCUT2D eigenvalue weighted by atomic mass is 9.33. The smallest absolute Gasteiger partial charge is 0.00763 e. The Kier molecular flexibility index (Phi) is 4.47. The molecule has 0 aromatic carbocycles. The van der Waals surface area contributed by atoms with Crippen LogP contribution in [0.2, 0.25) is 0 Å². The molecule has 0 heterocycles. The van der Waals surface area contributed by atoms with Crippen molar-refractivity contribution in [3.05, 3.63) is 23.8 Å². The standard InChI is InChI=1S/C30H48/c1-20(2)21-11-13-24-27(21,5)16-18-30(8)25-14-12-22-23(10-9-15-26(22,3)4)28(25,6)17-19-29(24,30)7/h9-10,15,20-22,24-25H,11-14,16-19H2,1-8H3/t21-,22-,24-,25+,27-,28+,29+,30-/m1/s1. The van der Waals surface area contributed by atoms with Gasteiger partial charge in [-0.2, -0.15) is 0 Å². The third kappa shape index (κ3) is 2.41. The minimum atomic E-state index is 0.334. The van der Waals surface area contributed by atoms with Gasteiger partial charge in [0.25, 0.3) is 0 Å². The van der Waals surface area contributed by atoms with Crippen molar-refractivity contribution in [2.75, 3.05) is 0 Å². The molecular formula is C30H48. The molecule has 0 radical (unpaired) electrons. The van der Waals surface area contributed by atoms with Crippen LogP contribution in [-0.4, -0.2) is 0 Å². The van der Waals surface area contributed by atoms with E-state index in [-0.39, 0.29) is 0 Å². The summed E-state index contributed by atoms with van der Waals surface area (Å²) in [6.07, 6.45) is 19.1. The molecule has 0 N–H and O–H groups in total. The highest BCUT2D eigenvalue weighted by Crippen LogP contribution is 2.77. The largest absolute Gasteiger partial charge is 0.0783 e. The second-order valence-corrected chi connectivity index (χ2v) is 14.2. The molecule has 5 aliphatic carbocycles. The number of hydrogen-bond donors (Lipinski definition) is 0. The molecule has 0 bridgehead atoms. The molecule has 0 unspecified atom stereocenters. The molecule has 0 spiro atoms. The maximum atomic E-state index is 2.77. The minimum Gasteiger partial charge on any atom is -0.0783 e. The fourth-order valence-electron chi connectivity index (χ4n) is 10.9. The van der Waals surface area contributed by atoms with Gasteiger partial charge >= 0.3 is 0 Å². The van der Waals surface area contributed by atoms with Gasteiger partial charge in [0.1, 0.15) is 0 Å². The van der Waals surface area contributed by atoms with Crippen molar-refractivity contribution in [1.29, 1.82) is 0 Å². The Morgan fingerprint density at radius 1 is 0.767 bits per heavy atom. The summed E-state index contributed by atoms with van der Waals surface area (Å²) in [7, 11) is 0. The zero-order valence-corrected chi connectivity index (χ0v) is 21.3. The van der Waals surface area contributed by atoms with E-state index in [0.717, 1.165) is 29.6 Å². The zero-order chi connectivity index (χ0) is 21.7. The first-order valence-electron chi connectivity index (χ1n) is 13.3. The molecule has 5 rings (SSSR count). The third-order valence-corrected chi connectivity index (χ3v) is 12.7. The number of rotatable bonds is 1. The molecule has 4 saturated carbocycles. The van der Waals surface area contributed by atoms with Gasteiger partial charge in [0, 0.05) is 0 Å². The molecular weight excluding hydrogens is 360 g/mol. The molecule has 8 atom stereocenters. The number of hydrogen-bond acceptors (Lipinski definition) is 0. The molecule has 0 aromatic heterocycles. The van der Waals surface area contributed by atoms with Crippen LogP contribution in [-0.2, 0) is 0 Å². The minimum absolute atomic E-state index is 0.334. The van der Waals surface area contributed by atoms with Crippen LogP contribution in [0.25, 0.3) is 0 Å². The van der Waals surface area contributed by atoms with Crippen LogP contribution in [0.4, 0.5) is 0 Å². The van der Waals surface area contributed by atoms with Gasteiger partial charge in [-0.05, 0) is 108 Å². The van der Waals surface area contributed by atoms with E-state index in [1.807, 2.05) is 5.57 Å². The molecule has 5 aliphatic rings. The third-order valence-electron chi connectivity index (χ3n) is 12.7. The van der Waals surface area contributed by atoms with Crippen molar-refractivity contribution < 1.29 is 0 Å². The Balaban J connectivity index is 1.55. The summed E-state index contributed by atoms with van der Waals surface area (Å²) in [4.78, 5) is 0. The van der Waals surface area contributed by atoms with Gasteiger partial charge in [0.05, 0.1) is 0 Å². The van der Waals surface area contributed by atoms with Crippen molar-refractivity contribution in [2.24, 2.45) is 56.7 Å². The van der Waals surface area contributed by atoms with Crippen LogP contribution < -0.4 is 0 Å². The topological polar surface area (TPSA) is 0 Å². The predicted octanol–water partition coefficient (Wildman–Crippen LogP) is 8.83. The number of allylic oxidation sites excluding steroid dienone is 4. The number of fused-ring (bicyclic) bond motifs is 7. The first-order valence-corrected chi connectivity index (χ1v) is 13.3. The Morgan fingerprint density at radius 3 is 2.10 bits per heavy atom. The van der Waals surface area contributed by atoms with E-state index in [4.69, 9.17) is 0 Å². The second-order valence-electron chi connectivity index (χ2n) is 14.2. The van der Waals surface area contributed by atoms with E-state index >= 15 is 0 Å².